The highest BCUT2D eigenvalue weighted by molar-refractivity contribution is 5.27. The normalized spacial score (nSPS) is 21.1. The molecule has 1 aliphatic heterocycles. The molecule has 2 N–H and O–H groups in total. The quantitative estimate of drug-likeness (QED) is 0.852. The number of aromatic hydroxyl groups is 1. The van der Waals surface area contributed by atoms with Crippen LogP contribution in [0.5, 0.6) is 5.75 Å². The molecule has 1 saturated heterocycles. The zero-order valence-electron chi connectivity index (χ0n) is 11.3. The van der Waals surface area contributed by atoms with Crippen molar-refractivity contribution in [2.24, 2.45) is 0 Å². The Labute approximate surface area is 109 Å². The van der Waals surface area contributed by atoms with E-state index in [1.54, 1.807) is 6.07 Å². The number of likely N-dealkylation sites (tertiary alicyclic amines) is 1. The highest BCUT2D eigenvalue weighted by atomic mass is 16.3. The molecule has 1 unspecified atom stereocenters. The Bertz CT molecular complexity index is 395. The van der Waals surface area contributed by atoms with Crippen LogP contribution < -0.4 is 5.32 Å². The van der Waals surface area contributed by atoms with Crippen LogP contribution in [0.1, 0.15) is 31.2 Å². The Kier molecular flexibility index (Phi) is 4.55. The molecule has 1 aromatic heterocycles. The number of hydrogen-bond acceptors (Lipinski definition) is 4. The van der Waals surface area contributed by atoms with Crippen LogP contribution in [0.2, 0.25) is 0 Å². The summed E-state index contributed by atoms with van der Waals surface area (Å²) < 4.78 is 0. The molecule has 2 rings (SSSR count). The van der Waals surface area contributed by atoms with Gasteiger partial charge in [-0.25, -0.2) is 0 Å². The maximum atomic E-state index is 9.75. The first-order valence-electron chi connectivity index (χ1n) is 6.80. The first-order valence-corrected chi connectivity index (χ1v) is 6.80. The van der Waals surface area contributed by atoms with Gasteiger partial charge in [0.25, 0.3) is 0 Å². The van der Waals surface area contributed by atoms with Gasteiger partial charge in [-0.2, -0.15) is 0 Å². The first-order chi connectivity index (χ1) is 8.69. The van der Waals surface area contributed by atoms with Gasteiger partial charge in [0, 0.05) is 24.8 Å². The average Bonchev–Trinajstić information content (AvgIpc) is 2.40. The van der Waals surface area contributed by atoms with Crippen LogP contribution in [-0.2, 0) is 6.54 Å². The zero-order chi connectivity index (χ0) is 13.0. The molecule has 0 bridgehead atoms. The molecule has 0 aromatic carbocycles. The number of nitrogens with zero attached hydrogens (tertiary/aromatic N) is 2. The van der Waals surface area contributed by atoms with E-state index in [-0.39, 0.29) is 5.75 Å². The molecule has 4 nitrogen and oxygen atoms in total. The molecule has 1 aromatic rings. The molecule has 100 valence electrons. The second kappa shape index (κ2) is 6.16. The predicted molar refractivity (Wildman–Crippen MR) is 72.6 cm³/mol. The standard InChI is InChI=1S/C14H23N3O/c1-3-17-8-4-5-12(10-17)15-9-13-14(18)7-6-11(2)16-13/h6-7,12,15,18H,3-5,8-10H2,1-2H3. The molecule has 0 saturated carbocycles. The van der Waals surface area contributed by atoms with E-state index in [0.717, 1.165) is 24.5 Å². The fourth-order valence-corrected chi connectivity index (χ4v) is 2.48. The first kappa shape index (κ1) is 13.3. The van der Waals surface area contributed by atoms with Crippen molar-refractivity contribution in [2.75, 3.05) is 19.6 Å². The fraction of sp³-hybridized carbons (Fsp3) is 0.643. The topological polar surface area (TPSA) is 48.4 Å². The maximum Gasteiger partial charge on any atom is 0.138 e. The fourth-order valence-electron chi connectivity index (χ4n) is 2.48. The van der Waals surface area contributed by atoms with Crippen LogP contribution in [0.4, 0.5) is 0 Å². The van der Waals surface area contributed by atoms with Gasteiger partial charge in [0.05, 0.1) is 5.69 Å². The molecule has 1 aliphatic rings. The summed E-state index contributed by atoms with van der Waals surface area (Å²) in [6.07, 6.45) is 2.46. The van der Waals surface area contributed by atoms with Crippen LogP contribution in [-0.4, -0.2) is 40.7 Å². The summed E-state index contributed by atoms with van der Waals surface area (Å²) in [4.78, 5) is 6.83. The molecule has 2 heterocycles. The van der Waals surface area contributed by atoms with Crippen LogP contribution in [0.15, 0.2) is 12.1 Å². The Balaban J connectivity index is 1.89. The second-order valence-corrected chi connectivity index (χ2v) is 5.03. The molecule has 0 radical (unpaired) electrons. The van der Waals surface area contributed by atoms with E-state index in [1.165, 1.54) is 19.4 Å². The van der Waals surface area contributed by atoms with Crippen molar-refractivity contribution < 1.29 is 5.11 Å². The number of pyridine rings is 1. The van der Waals surface area contributed by atoms with E-state index < -0.39 is 0 Å². The second-order valence-electron chi connectivity index (χ2n) is 5.03. The van der Waals surface area contributed by atoms with Gasteiger partial charge < -0.3 is 15.3 Å². The summed E-state index contributed by atoms with van der Waals surface area (Å²) in [6.45, 7) is 8.23. The lowest BCUT2D eigenvalue weighted by molar-refractivity contribution is 0.198. The summed E-state index contributed by atoms with van der Waals surface area (Å²) in [5, 5.41) is 13.3. The van der Waals surface area contributed by atoms with Crippen molar-refractivity contribution >= 4 is 0 Å². The lowest BCUT2D eigenvalue weighted by Gasteiger charge is -2.32. The molecule has 1 atom stereocenters. The summed E-state index contributed by atoms with van der Waals surface area (Å²) in [7, 11) is 0. The molecular weight excluding hydrogens is 226 g/mol. The molecule has 0 spiro atoms. The molecule has 18 heavy (non-hydrogen) atoms. The zero-order valence-corrected chi connectivity index (χ0v) is 11.3. The third kappa shape index (κ3) is 3.43. The maximum absolute atomic E-state index is 9.75. The minimum Gasteiger partial charge on any atom is -0.506 e. The summed E-state index contributed by atoms with van der Waals surface area (Å²) >= 11 is 0. The van der Waals surface area contributed by atoms with Crippen LogP contribution in [0.25, 0.3) is 0 Å². The summed E-state index contributed by atoms with van der Waals surface area (Å²) in [6, 6.07) is 4.07. The Morgan fingerprint density at radius 2 is 2.33 bits per heavy atom. The van der Waals surface area contributed by atoms with Gasteiger partial charge in [0.2, 0.25) is 0 Å². The number of aryl methyl sites for hydroxylation is 1. The van der Waals surface area contributed by atoms with Crippen molar-refractivity contribution in [3.8, 4) is 5.75 Å². The smallest absolute Gasteiger partial charge is 0.138 e. The van der Waals surface area contributed by atoms with Gasteiger partial charge in [-0.1, -0.05) is 6.92 Å². The Hall–Kier alpha value is -1.13. The monoisotopic (exact) mass is 249 g/mol. The van der Waals surface area contributed by atoms with E-state index in [2.05, 4.69) is 22.1 Å². The van der Waals surface area contributed by atoms with Gasteiger partial charge in [0.1, 0.15) is 5.75 Å². The number of hydrogen-bond donors (Lipinski definition) is 2. The third-order valence-corrected chi connectivity index (χ3v) is 3.60. The minimum absolute atomic E-state index is 0.288. The van der Waals surface area contributed by atoms with Gasteiger partial charge >= 0.3 is 0 Å². The summed E-state index contributed by atoms with van der Waals surface area (Å²) in [5.41, 5.74) is 1.70. The van der Waals surface area contributed by atoms with Crippen LogP contribution >= 0.6 is 0 Å². The highest BCUT2D eigenvalue weighted by Gasteiger charge is 2.18. The average molecular weight is 249 g/mol. The Morgan fingerprint density at radius 3 is 3.11 bits per heavy atom. The largest absolute Gasteiger partial charge is 0.506 e. The van der Waals surface area contributed by atoms with E-state index in [1.807, 2.05) is 13.0 Å². The predicted octanol–water partition coefficient (Wildman–Crippen LogP) is 1.67. The summed E-state index contributed by atoms with van der Waals surface area (Å²) in [5.74, 6) is 0.288. The number of likely N-dealkylation sites (N-methyl/N-ethyl adjacent to an activating group) is 1. The van der Waals surface area contributed by atoms with Crippen molar-refractivity contribution in [2.45, 2.75) is 39.3 Å². The number of piperidine rings is 1. The SMILES string of the molecule is CCN1CCCC(NCc2nc(C)ccc2O)C1. The molecule has 0 amide bonds. The van der Waals surface area contributed by atoms with E-state index in [0.29, 0.717) is 12.6 Å². The highest BCUT2D eigenvalue weighted by Crippen LogP contribution is 2.16. The van der Waals surface area contributed by atoms with Crippen molar-refractivity contribution in [1.29, 1.82) is 0 Å². The van der Waals surface area contributed by atoms with Gasteiger partial charge in [-0.3, -0.25) is 4.98 Å². The third-order valence-electron chi connectivity index (χ3n) is 3.60. The van der Waals surface area contributed by atoms with Gasteiger partial charge in [-0.15, -0.1) is 0 Å². The number of nitrogens with one attached hydrogen (secondary N) is 1. The van der Waals surface area contributed by atoms with Crippen molar-refractivity contribution in [1.82, 2.24) is 15.2 Å². The number of rotatable bonds is 4. The van der Waals surface area contributed by atoms with Gasteiger partial charge in [0.15, 0.2) is 0 Å². The van der Waals surface area contributed by atoms with Crippen molar-refractivity contribution in [3.05, 3.63) is 23.5 Å². The van der Waals surface area contributed by atoms with Gasteiger partial charge in [-0.05, 0) is 45.0 Å². The number of aromatic nitrogens is 1. The van der Waals surface area contributed by atoms with Crippen molar-refractivity contribution in [3.63, 3.8) is 0 Å². The van der Waals surface area contributed by atoms with E-state index in [4.69, 9.17) is 0 Å². The van der Waals surface area contributed by atoms with Crippen LogP contribution in [0.3, 0.4) is 0 Å². The molecular formula is C14H23N3O. The van der Waals surface area contributed by atoms with Crippen LogP contribution in [0, 0.1) is 6.92 Å². The molecule has 4 heteroatoms. The van der Waals surface area contributed by atoms with E-state index in [9.17, 15) is 5.11 Å². The van der Waals surface area contributed by atoms with E-state index >= 15 is 0 Å². The minimum atomic E-state index is 0.288. The molecule has 1 fully saturated rings. The lowest BCUT2D eigenvalue weighted by atomic mass is 10.1. The lowest BCUT2D eigenvalue weighted by Crippen LogP contribution is -2.45. The molecule has 0 aliphatic carbocycles. The Morgan fingerprint density at radius 1 is 1.50 bits per heavy atom.